The van der Waals surface area contributed by atoms with Crippen LogP contribution in [0.5, 0.6) is 0 Å². The summed E-state index contributed by atoms with van der Waals surface area (Å²) in [4.78, 5) is 2.29. The van der Waals surface area contributed by atoms with E-state index in [2.05, 4.69) is 30.3 Å². The molecule has 1 N–H and O–H groups in total. The summed E-state index contributed by atoms with van der Waals surface area (Å²) in [5.74, 6) is 0. The fourth-order valence-corrected chi connectivity index (χ4v) is 2.53. The number of nitriles is 1. The molecular weight excluding hydrogens is 246 g/mol. The van der Waals surface area contributed by atoms with Crippen molar-refractivity contribution in [1.82, 2.24) is 4.90 Å². The van der Waals surface area contributed by atoms with Crippen LogP contribution in [0.1, 0.15) is 19.8 Å². The molecule has 3 nitrogen and oxygen atoms in total. The van der Waals surface area contributed by atoms with Gasteiger partial charge in [0.1, 0.15) is 5.54 Å². The minimum Gasteiger partial charge on any atom is -0.367 e. The third kappa shape index (κ3) is 2.77. The molecule has 0 bridgehead atoms. The highest BCUT2D eigenvalue weighted by atomic mass is 35.5. The SMILES string of the molecule is CC1CC(C#N)(Nc2ccc(Cl)cc2)CCN1C. The number of hydrogen-bond acceptors (Lipinski definition) is 3. The highest BCUT2D eigenvalue weighted by Gasteiger charge is 2.37. The molecule has 0 aliphatic carbocycles. The molecule has 2 atom stereocenters. The van der Waals surface area contributed by atoms with Crippen LogP contribution in [0.4, 0.5) is 5.69 Å². The molecule has 0 amide bonds. The Morgan fingerprint density at radius 2 is 2.11 bits per heavy atom. The Bertz CT molecular complexity index is 451. The Hall–Kier alpha value is -1.24. The number of benzene rings is 1. The van der Waals surface area contributed by atoms with Crippen molar-refractivity contribution < 1.29 is 0 Å². The standard InChI is InChI=1S/C14H18ClN3/c1-11-9-14(10-16,7-8-18(11)2)17-13-5-3-12(15)4-6-13/h3-6,11,17H,7-9H2,1-2H3. The first-order valence-electron chi connectivity index (χ1n) is 6.20. The molecule has 1 fully saturated rings. The lowest BCUT2D eigenvalue weighted by Crippen LogP contribution is -2.51. The van der Waals surface area contributed by atoms with Crippen LogP contribution in [0.15, 0.2) is 24.3 Å². The lowest BCUT2D eigenvalue weighted by atomic mass is 9.85. The second kappa shape index (κ2) is 5.17. The maximum absolute atomic E-state index is 9.50. The van der Waals surface area contributed by atoms with E-state index in [1.165, 1.54) is 0 Å². The first-order valence-corrected chi connectivity index (χ1v) is 6.58. The lowest BCUT2D eigenvalue weighted by Gasteiger charge is -2.41. The van der Waals surface area contributed by atoms with Crippen molar-refractivity contribution in [3.05, 3.63) is 29.3 Å². The first-order chi connectivity index (χ1) is 8.54. The number of nitrogens with zero attached hydrogens (tertiary/aromatic N) is 2. The molecule has 0 spiro atoms. The van der Waals surface area contributed by atoms with Crippen LogP contribution in [-0.2, 0) is 0 Å². The van der Waals surface area contributed by atoms with E-state index in [0.717, 1.165) is 25.1 Å². The molecule has 1 saturated heterocycles. The zero-order valence-electron chi connectivity index (χ0n) is 10.8. The molecule has 1 aromatic carbocycles. The molecule has 1 aliphatic rings. The van der Waals surface area contributed by atoms with Gasteiger partial charge in [0.25, 0.3) is 0 Å². The minimum atomic E-state index is -0.459. The predicted molar refractivity (Wildman–Crippen MR) is 74.7 cm³/mol. The van der Waals surface area contributed by atoms with Gasteiger partial charge in [-0.2, -0.15) is 5.26 Å². The molecule has 1 aliphatic heterocycles. The van der Waals surface area contributed by atoms with E-state index in [0.29, 0.717) is 11.1 Å². The fourth-order valence-electron chi connectivity index (χ4n) is 2.40. The second-order valence-corrected chi connectivity index (χ2v) is 5.55. The van der Waals surface area contributed by atoms with Gasteiger partial charge < -0.3 is 10.2 Å². The van der Waals surface area contributed by atoms with Crippen molar-refractivity contribution >= 4 is 17.3 Å². The Labute approximate surface area is 113 Å². The Balaban J connectivity index is 2.14. The average molecular weight is 264 g/mol. The number of nitrogens with one attached hydrogen (secondary N) is 1. The monoisotopic (exact) mass is 263 g/mol. The molecule has 1 aromatic rings. The fraction of sp³-hybridized carbons (Fsp3) is 0.500. The number of anilines is 1. The summed E-state index contributed by atoms with van der Waals surface area (Å²) in [5, 5.41) is 13.6. The Morgan fingerprint density at radius 3 is 2.67 bits per heavy atom. The minimum absolute atomic E-state index is 0.415. The highest BCUT2D eigenvalue weighted by Crippen LogP contribution is 2.29. The summed E-state index contributed by atoms with van der Waals surface area (Å²) in [5.41, 5.74) is 0.498. The van der Waals surface area contributed by atoms with Crippen molar-refractivity contribution in [2.45, 2.75) is 31.3 Å². The summed E-state index contributed by atoms with van der Waals surface area (Å²) in [6.07, 6.45) is 1.68. The third-order valence-electron chi connectivity index (χ3n) is 3.73. The molecule has 2 rings (SSSR count). The quantitative estimate of drug-likeness (QED) is 0.891. The number of hydrogen-bond donors (Lipinski definition) is 1. The Morgan fingerprint density at radius 1 is 1.44 bits per heavy atom. The summed E-state index contributed by atoms with van der Waals surface area (Å²) in [6.45, 7) is 3.10. The molecular formula is C14H18ClN3. The topological polar surface area (TPSA) is 39.1 Å². The van der Waals surface area contributed by atoms with Crippen molar-refractivity contribution in [2.75, 3.05) is 18.9 Å². The van der Waals surface area contributed by atoms with Crippen LogP contribution in [0, 0.1) is 11.3 Å². The number of rotatable bonds is 2. The highest BCUT2D eigenvalue weighted by molar-refractivity contribution is 6.30. The van der Waals surface area contributed by atoms with Gasteiger partial charge in [0.15, 0.2) is 0 Å². The van der Waals surface area contributed by atoms with Gasteiger partial charge in [0.2, 0.25) is 0 Å². The number of piperidine rings is 1. The van der Waals surface area contributed by atoms with Crippen molar-refractivity contribution in [3.63, 3.8) is 0 Å². The van der Waals surface area contributed by atoms with E-state index in [1.54, 1.807) is 0 Å². The van der Waals surface area contributed by atoms with Gasteiger partial charge >= 0.3 is 0 Å². The summed E-state index contributed by atoms with van der Waals surface area (Å²) < 4.78 is 0. The summed E-state index contributed by atoms with van der Waals surface area (Å²) >= 11 is 5.87. The second-order valence-electron chi connectivity index (χ2n) is 5.11. The maximum Gasteiger partial charge on any atom is 0.128 e. The van der Waals surface area contributed by atoms with Crippen LogP contribution in [0.3, 0.4) is 0 Å². The summed E-state index contributed by atoms with van der Waals surface area (Å²) in [6, 6.07) is 10.4. The van der Waals surface area contributed by atoms with Gasteiger partial charge in [-0.05, 0) is 51.1 Å². The lowest BCUT2D eigenvalue weighted by molar-refractivity contribution is 0.167. The van der Waals surface area contributed by atoms with Gasteiger partial charge in [-0.3, -0.25) is 0 Å². The molecule has 1 heterocycles. The van der Waals surface area contributed by atoms with E-state index in [1.807, 2.05) is 24.3 Å². The molecule has 0 aromatic heterocycles. The van der Waals surface area contributed by atoms with Gasteiger partial charge in [0.05, 0.1) is 6.07 Å². The third-order valence-corrected chi connectivity index (χ3v) is 3.98. The van der Waals surface area contributed by atoms with Gasteiger partial charge in [0, 0.05) is 23.3 Å². The van der Waals surface area contributed by atoms with E-state index in [9.17, 15) is 5.26 Å². The predicted octanol–water partition coefficient (Wildman–Crippen LogP) is 3.13. The molecule has 0 radical (unpaired) electrons. The van der Waals surface area contributed by atoms with Crippen molar-refractivity contribution in [3.8, 4) is 6.07 Å². The van der Waals surface area contributed by atoms with Crippen LogP contribution in [0.25, 0.3) is 0 Å². The van der Waals surface area contributed by atoms with Crippen LogP contribution in [-0.4, -0.2) is 30.1 Å². The summed E-state index contributed by atoms with van der Waals surface area (Å²) in [7, 11) is 2.11. The van der Waals surface area contributed by atoms with Crippen LogP contribution in [0.2, 0.25) is 5.02 Å². The van der Waals surface area contributed by atoms with Gasteiger partial charge in [-0.25, -0.2) is 0 Å². The van der Waals surface area contributed by atoms with Crippen LogP contribution >= 0.6 is 11.6 Å². The largest absolute Gasteiger partial charge is 0.367 e. The number of likely N-dealkylation sites (tertiary alicyclic amines) is 1. The molecule has 0 saturated carbocycles. The van der Waals surface area contributed by atoms with Gasteiger partial charge in [-0.15, -0.1) is 0 Å². The molecule has 2 unspecified atom stereocenters. The molecule has 4 heteroatoms. The zero-order chi connectivity index (χ0) is 13.2. The van der Waals surface area contributed by atoms with Gasteiger partial charge in [-0.1, -0.05) is 11.6 Å². The van der Waals surface area contributed by atoms with Crippen molar-refractivity contribution in [2.24, 2.45) is 0 Å². The van der Waals surface area contributed by atoms with E-state index in [-0.39, 0.29) is 0 Å². The molecule has 18 heavy (non-hydrogen) atoms. The number of halogens is 1. The zero-order valence-corrected chi connectivity index (χ0v) is 11.5. The smallest absolute Gasteiger partial charge is 0.128 e. The average Bonchev–Trinajstić information content (AvgIpc) is 2.37. The van der Waals surface area contributed by atoms with E-state index in [4.69, 9.17) is 11.6 Å². The first kappa shape index (κ1) is 13.2. The van der Waals surface area contributed by atoms with E-state index >= 15 is 0 Å². The normalized spacial score (nSPS) is 28.7. The van der Waals surface area contributed by atoms with E-state index < -0.39 is 5.54 Å². The molecule has 96 valence electrons. The maximum atomic E-state index is 9.50. The Kier molecular flexibility index (Phi) is 3.79. The van der Waals surface area contributed by atoms with Crippen LogP contribution < -0.4 is 5.32 Å². The van der Waals surface area contributed by atoms with Crippen molar-refractivity contribution in [1.29, 1.82) is 5.26 Å².